The lowest BCUT2D eigenvalue weighted by molar-refractivity contribution is -0.136. The van der Waals surface area contributed by atoms with E-state index >= 15 is 0 Å². The first-order valence-electron chi connectivity index (χ1n) is 10.1. The zero-order valence-corrected chi connectivity index (χ0v) is 18.4. The highest BCUT2D eigenvalue weighted by Crippen LogP contribution is 2.22. The van der Waals surface area contributed by atoms with Gasteiger partial charge in [0.1, 0.15) is 0 Å². The third kappa shape index (κ3) is 7.48. The van der Waals surface area contributed by atoms with Crippen LogP contribution in [0.4, 0.5) is 0 Å². The number of hydrogen-bond acceptors (Lipinski definition) is 3. The summed E-state index contributed by atoms with van der Waals surface area (Å²) in [5.74, 6) is -1.27. The minimum Gasteiger partial charge on any atom is -0.480 e. The summed E-state index contributed by atoms with van der Waals surface area (Å²) in [5.41, 5.74) is 2.21. The molecule has 1 N–H and O–H groups in total. The number of carboxylic acids is 1. The van der Waals surface area contributed by atoms with Crippen molar-refractivity contribution in [2.24, 2.45) is 0 Å². The molecule has 2 aromatic carbocycles. The molecule has 158 valence electrons. The van der Waals surface area contributed by atoms with E-state index in [1.54, 1.807) is 12.1 Å². The van der Waals surface area contributed by atoms with Gasteiger partial charge in [-0.1, -0.05) is 73.5 Å². The van der Waals surface area contributed by atoms with E-state index in [1.807, 2.05) is 31.2 Å². The van der Waals surface area contributed by atoms with E-state index in [9.17, 15) is 18.3 Å². The Kier molecular flexibility index (Phi) is 9.18. The smallest absolute Gasteiger partial charge is 0.322 e. The van der Waals surface area contributed by atoms with Crippen LogP contribution in [0.5, 0.6) is 0 Å². The number of carboxylic acid groups (broad SMARTS) is 1. The average molecular weight is 437 g/mol. The van der Waals surface area contributed by atoms with Crippen LogP contribution in [0.3, 0.4) is 0 Å². The molecule has 0 amide bonds. The van der Waals surface area contributed by atoms with Crippen LogP contribution in [-0.2, 0) is 21.1 Å². The first-order valence-corrected chi connectivity index (χ1v) is 12.0. The van der Waals surface area contributed by atoms with Gasteiger partial charge in [0.15, 0.2) is 15.1 Å². The molecule has 29 heavy (non-hydrogen) atoms. The second kappa shape index (κ2) is 11.4. The minimum atomic E-state index is -3.86. The molecular formula is C23H29ClO4S. The molecule has 0 fully saturated rings. The molecule has 1 atom stereocenters. The Bertz CT molecular complexity index is 874. The number of halogens is 1. The second-order valence-corrected chi connectivity index (χ2v) is 10.0. The molecule has 0 aromatic heterocycles. The molecule has 0 spiro atoms. The van der Waals surface area contributed by atoms with Gasteiger partial charge >= 0.3 is 5.97 Å². The number of rotatable bonds is 12. The van der Waals surface area contributed by atoms with Crippen molar-refractivity contribution in [3.8, 4) is 0 Å². The fourth-order valence-corrected chi connectivity index (χ4v) is 5.03. The maximum absolute atomic E-state index is 12.7. The fraction of sp³-hybridized carbons (Fsp3) is 0.435. The number of carbonyl (C=O) groups is 1. The average Bonchev–Trinajstić information content (AvgIpc) is 2.68. The van der Waals surface area contributed by atoms with Crippen LogP contribution < -0.4 is 0 Å². The highest BCUT2D eigenvalue weighted by Gasteiger charge is 2.33. The normalized spacial score (nSPS) is 12.6. The summed E-state index contributed by atoms with van der Waals surface area (Å²) in [6.07, 6.45) is 6.86. The lowest BCUT2D eigenvalue weighted by atomic mass is 10.0. The molecule has 6 heteroatoms. The van der Waals surface area contributed by atoms with Gasteiger partial charge in [0.2, 0.25) is 0 Å². The SMILES string of the molecule is Cc1ccc(S(=O)(=O)C(CCCCCCCCc2ccc(Cl)cc2)C(=O)O)cc1. The summed E-state index contributed by atoms with van der Waals surface area (Å²) in [6, 6.07) is 14.3. The summed E-state index contributed by atoms with van der Waals surface area (Å²) in [4.78, 5) is 11.6. The lowest BCUT2D eigenvalue weighted by Crippen LogP contribution is -2.30. The van der Waals surface area contributed by atoms with Crippen molar-refractivity contribution in [1.82, 2.24) is 0 Å². The quantitative estimate of drug-likeness (QED) is 0.423. The molecule has 0 aliphatic carbocycles. The summed E-state index contributed by atoms with van der Waals surface area (Å²) < 4.78 is 25.3. The maximum atomic E-state index is 12.7. The molecule has 0 bridgehead atoms. The molecule has 0 aliphatic rings. The number of aliphatic carboxylic acids is 1. The highest BCUT2D eigenvalue weighted by atomic mass is 35.5. The van der Waals surface area contributed by atoms with Crippen LogP contribution in [-0.4, -0.2) is 24.7 Å². The summed E-state index contributed by atoms with van der Waals surface area (Å²) in [6.45, 7) is 1.86. The third-order valence-electron chi connectivity index (χ3n) is 5.09. The Labute approximate surface area is 178 Å². The molecule has 0 radical (unpaired) electrons. The zero-order valence-electron chi connectivity index (χ0n) is 16.8. The molecule has 2 rings (SSSR count). The number of sulfone groups is 1. The van der Waals surface area contributed by atoms with Gasteiger partial charge < -0.3 is 5.11 Å². The largest absolute Gasteiger partial charge is 0.480 e. The Balaban J connectivity index is 1.70. The van der Waals surface area contributed by atoms with Gasteiger partial charge in [0, 0.05) is 5.02 Å². The summed E-state index contributed by atoms with van der Waals surface area (Å²) in [7, 11) is -3.86. The van der Waals surface area contributed by atoms with Crippen LogP contribution in [0, 0.1) is 6.92 Å². The van der Waals surface area contributed by atoms with Gasteiger partial charge in [0.05, 0.1) is 4.90 Å². The predicted molar refractivity (Wildman–Crippen MR) is 117 cm³/mol. The number of hydrogen-bond donors (Lipinski definition) is 1. The van der Waals surface area contributed by atoms with Gasteiger partial charge in [0.25, 0.3) is 0 Å². The van der Waals surface area contributed by atoms with Crippen molar-refractivity contribution in [3.05, 3.63) is 64.7 Å². The fourth-order valence-electron chi connectivity index (χ4n) is 3.32. The monoisotopic (exact) mass is 436 g/mol. The van der Waals surface area contributed by atoms with Gasteiger partial charge in [-0.05, 0) is 56.0 Å². The molecule has 2 aromatic rings. The van der Waals surface area contributed by atoms with E-state index in [-0.39, 0.29) is 11.3 Å². The summed E-state index contributed by atoms with van der Waals surface area (Å²) in [5, 5.41) is 8.80. The Morgan fingerprint density at radius 2 is 1.45 bits per heavy atom. The van der Waals surface area contributed by atoms with Crippen molar-refractivity contribution in [2.45, 2.75) is 68.4 Å². The minimum absolute atomic E-state index is 0.0812. The zero-order chi connectivity index (χ0) is 21.3. The first-order chi connectivity index (χ1) is 13.8. The van der Waals surface area contributed by atoms with Crippen LogP contribution in [0.25, 0.3) is 0 Å². The topological polar surface area (TPSA) is 71.4 Å². The third-order valence-corrected chi connectivity index (χ3v) is 7.46. The van der Waals surface area contributed by atoms with E-state index in [1.165, 1.54) is 17.7 Å². The first kappa shape index (κ1) is 23.4. The molecule has 0 aliphatic heterocycles. The molecule has 0 saturated heterocycles. The van der Waals surface area contributed by atoms with Gasteiger partial charge in [-0.25, -0.2) is 8.42 Å². The van der Waals surface area contributed by atoms with Gasteiger partial charge in [-0.15, -0.1) is 0 Å². The van der Waals surface area contributed by atoms with E-state index < -0.39 is 21.1 Å². The van der Waals surface area contributed by atoms with E-state index in [0.717, 1.165) is 49.1 Å². The molecule has 0 saturated carbocycles. The predicted octanol–water partition coefficient (Wildman–Crippen LogP) is 5.85. The Hall–Kier alpha value is -1.85. The van der Waals surface area contributed by atoms with Crippen molar-refractivity contribution >= 4 is 27.4 Å². The second-order valence-electron chi connectivity index (χ2n) is 7.47. The van der Waals surface area contributed by atoms with Crippen LogP contribution in [0.1, 0.15) is 56.1 Å². The number of benzene rings is 2. The molecule has 1 unspecified atom stereocenters. The number of aryl methyl sites for hydroxylation is 2. The van der Waals surface area contributed by atoms with E-state index in [2.05, 4.69) is 0 Å². The highest BCUT2D eigenvalue weighted by molar-refractivity contribution is 7.92. The van der Waals surface area contributed by atoms with Gasteiger partial charge in [-0.2, -0.15) is 0 Å². The van der Waals surface area contributed by atoms with Crippen molar-refractivity contribution in [2.75, 3.05) is 0 Å². The Morgan fingerprint density at radius 1 is 0.897 bits per heavy atom. The van der Waals surface area contributed by atoms with Crippen LogP contribution in [0.2, 0.25) is 5.02 Å². The molecule has 0 heterocycles. The molecule has 4 nitrogen and oxygen atoms in total. The van der Waals surface area contributed by atoms with Crippen LogP contribution in [0.15, 0.2) is 53.4 Å². The van der Waals surface area contributed by atoms with Gasteiger partial charge in [-0.3, -0.25) is 4.79 Å². The van der Waals surface area contributed by atoms with Crippen LogP contribution >= 0.6 is 11.6 Å². The van der Waals surface area contributed by atoms with Crippen molar-refractivity contribution in [3.63, 3.8) is 0 Å². The standard InChI is InChI=1S/C23H29ClO4S/c1-18-10-16-21(17-11-18)29(27,28)22(23(25)26)9-7-5-3-2-4-6-8-19-12-14-20(24)15-13-19/h10-17,22H,2-9H2,1H3,(H,25,26). The van der Waals surface area contributed by atoms with E-state index in [0.29, 0.717) is 6.42 Å². The molecular weight excluding hydrogens is 408 g/mol. The Morgan fingerprint density at radius 3 is 2.03 bits per heavy atom. The van der Waals surface area contributed by atoms with E-state index in [4.69, 9.17) is 11.6 Å². The lowest BCUT2D eigenvalue weighted by Gasteiger charge is -2.14. The van der Waals surface area contributed by atoms with Crippen molar-refractivity contribution in [1.29, 1.82) is 0 Å². The number of unbranched alkanes of at least 4 members (excludes halogenated alkanes) is 5. The summed E-state index contributed by atoms with van der Waals surface area (Å²) >= 11 is 5.88. The maximum Gasteiger partial charge on any atom is 0.322 e. The van der Waals surface area contributed by atoms with Crippen molar-refractivity contribution < 1.29 is 18.3 Å².